The summed E-state index contributed by atoms with van der Waals surface area (Å²) in [4.78, 5) is 30.3. The van der Waals surface area contributed by atoms with E-state index < -0.39 is 0 Å². The number of aryl methyl sites for hydroxylation is 1. The Morgan fingerprint density at radius 2 is 1.72 bits per heavy atom. The molecule has 1 aromatic heterocycles. The van der Waals surface area contributed by atoms with E-state index in [0.29, 0.717) is 38.5 Å². The van der Waals surface area contributed by atoms with Crippen LogP contribution in [0.5, 0.6) is 0 Å². The number of thiophene rings is 1. The van der Waals surface area contributed by atoms with Crippen LogP contribution >= 0.6 is 23.7 Å². The Labute approximate surface area is 182 Å². The fourth-order valence-corrected chi connectivity index (χ4v) is 5.51. The molecule has 29 heavy (non-hydrogen) atoms. The van der Waals surface area contributed by atoms with Gasteiger partial charge in [0.1, 0.15) is 0 Å². The predicted octanol–water partition coefficient (Wildman–Crippen LogP) is 3.70. The van der Waals surface area contributed by atoms with Crippen molar-refractivity contribution in [2.75, 3.05) is 39.3 Å². The predicted molar refractivity (Wildman–Crippen MR) is 121 cm³/mol. The summed E-state index contributed by atoms with van der Waals surface area (Å²) >= 11 is 1.58. The zero-order chi connectivity index (χ0) is 19.5. The van der Waals surface area contributed by atoms with Crippen molar-refractivity contribution in [2.45, 2.75) is 32.6 Å². The van der Waals surface area contributed by atoms with Gasteiger partial charge >= 0.3 is 0 Å². The number of nitrogens with zero attached hydrogens (tertiary/aromatic N) is 2. The van der Waals surface area contributed by atoms with Crippen LogP contribution in [0.15, 0.2) is 24.3 Å². The van der Waals surface area contributed by atoms with Gasteiger partial charge in [0.05, 0.1) is 4.88 Å². The molecule has 0 bridgehead atoms. The number of benzene rings is 1. The lowest BCUT2D eigenvalue weighted by Gasteiger charge is -2.35. The number of amides is 2. The van der Waals surface area contributed by atoms with Crippen molar-refractivity contribution < 1.29 is 9.59 Å². The van der Waals surface area contributed by atoms with Crippen LogP contribution in [0.1, 0.15) is 40.9 Å². The summed E-state index contributed by atoms with van der Waals surface area (Å²) in [6.07, 6.45) is 4.02. The molecule has 5 nitrogen and oxygen atoms in total. The number of piperidine rings is 1. The fourth-order valence-electron chi connectivity index (χ4n) is 4.34. The lowest BCUT2D eigenvalue weighted by molar-refractivity contribution is -0.133. The van der Waals surface area contributed by atoms with Crippen molar-refractivity contribution in [1.29, 1.82) is 0 Å². The number of carbonyl (C=O) groups excluding carboxylic acids is 2. The third-order valence-corrected chi connectivity index (χ3v) is 7.44. The molecule has 3 heterocycles. The third kappa shape index (κ3) is 4.93. The fraction of sp³-hybridized carbons (Fsp3) is 0.545. The summed E-state index contributed by atoms with van der Waals surface area (Å²) in [5, 5.41) is 4.54. The molecule has 0 saturated carbocycles. The minimum Gasteiger partial charge on any atom is -0.339 e. The van der Waals surface area contributed by atoms with E-state index in [2.05, 4.69) is 17.4 Å². The standard InChI is InChI=1S/C22H29N3O2S.ClH/c1-16-18-4-2-3-5-19(18)28-21(16)22(27)25-14-12-24(13-15-25)20(26)7-6-17-8-10-23-11-9-17;/h2-5,17,23H,6-15H2,1H3;1H. The molecular weight excluding hydrogens is 406 g/mol. The molecule has 0 aliphatic carbocycles. The van der Waals surface area contributed by atoms with Crippen molar-refractivity contribution in [3.63, 3.8) is 0 Å². The highest BCUT2D eigenvalue weighted by Gasteiger charge is 2.27. The van der Waals surface area contributed by atoms with Crippen molar-refractivity contribution in [3.8, 4) is 0 Å². The van der Waals surface area contributed by atoms with Crippen molar-refractivity contribution >= 4 is 45.6 Å². The number of hydrogen-bond donors (Lipinski definition) is 1. The highest BCUT2D eigenvalue weighted by Crippen LogP contribution is 2.31. The van der Waals surface area contributed by atoms with E-state index >= 15 is 0 Å². The number of fused-ring (bicyclic) bond motifs is 1. The van der Waals surface area contributed by atoms with Crippen LogP contribution in [0.4, 0.5) is 0 Å². The minimum atomic E-state index is 0. The molecular formula is C22H30ClN3O2S. The molecule has 7 heteroatoms. The first kappa shape index (κ1) is 22.1. The van der Waals surface area contributed by atoms with Gasteiger partial charge in [-0.15, -0.1) is 23.7 Å². The second kappa shape index (κ2) is 9.92. The summed E-state index contributed by atoms with van der Waals surface area (Å²) < 4.78 is 1.16. The Hall–Kier alpha value is -1.63. The second-order valence-corrected chi connectivity index (χ2v) is 9.01. The van der Waals surface area contributed by atoms with Gasteiger partial charge in [0.2, 0.25) is 5.91 Å². The van der Waals surface area contributed by atoms with Crippen LogP contribution in [-0.2, 0) is 4.79 Å². The minimum absolute atomic E-state index is 0. The van der Waals surface area contributed by atoms with Crippen LogP contribution in [-0.4, -0.2) is 60.9 Å². The average Bonchev–Trinajstić information content (AvgIpc) is 3.09. The van der Waals surface area contributed by atoms with Gasteiger partial charge < -0.3 is 15.1 Å². The maximum absolute atomic E-state index is 13.0. The molecule has 0 radical (unpaired) electrons. The van der Waals surface area contributed by atoms with Crippen LogP contribution in [0.3, 0.4) is 0 Å². The summed E-state index contributed by atoms with van der Waals surface area (Å²) in [5.41, 5.74) is 1.08. The average molecular weight is 436 g/mol. The number of piperazine rings is 1. The van der Waals surface area contributed by atoms with E-state index in [0.717, 1.165) is 34.7 Å². The maximum Gasteiger partial charge on any atom is 0.264 e. The molecule has 0 atom stereocenters. The number of hydrogen-bond acceptors (Lipinski definition) is 4. The second-order valence-electron chi connectivity index (χ2n) is 7.96. The largest absolute Gasteiger partial charge is 0.339 e. The third-order valence-electron chi connectivity index (χ3n) is 6.18. The van der Waals surface area contributed by atoms with E-state index in [-0.39, 0.29) is 24.2 Å². The Morgan fingerprint density at radius 1 is 1.07 bits per heavy atom. The van der Waals surface area contributed by atoms with E-state index in [1.165, 1.54) is 18.2 Å². The number of nitrogens with one attached hydrogen (secondary N) is 1. The van der Waals surface area contributed by atoms with Gasteiger partial charge in [-0.05, 0) is 62.2 Å². The summed E-state index contributed by atoms with van der Waals surface area (Å²) in [7, 11) is 0. The molecule has 2 amide bonds. The van der Waals surface area contributed by atoms with E-state index in [1.54, 1.807) is 11.3 Å². The number of carbonyl (C=O) groups is 2. The first-order chi connectivity index (χ1) is 13.6. The highest BCUT2D eigenvalue weighted by molar-refractivity contribution is 7.21. The summed E-state index contributed by atoms with van der Waals surface area (Å²) in [5.74, 6) is 1.05. The monoisotopic (exact) mass is 435 g/mol. The molecule has 1 N–H and O–H groups in total. The van der Waals surface area contributed by atoms with Gasteiger partial charge in [-0.25, -0.2) is 0 Å². The molecule has 0 spiro atoms. The summed E-state index contributed by atoms with van der Waals surface area (Å²) in [6.45, 7) is 6.76. The van der Waals surface area contributed by atoms with Gasteiger partial charge in [0, 0.05) is 37.3 Å². The molecule has 4 rings (SSSR count). The van der Waals surface area contributed by atoms with Gasteiger partial charge in [0.15, 0.2) is 0 Å². The molecule has 2 saturated heterocycles. The van der Waals surface area contributed by atoms with Gasteiger partial charge in [-0.1, -0.05) is 18.2 Å². The number of rotatable bonds is 4. The van der Waals surface area contributed by atoms with Crippen LogP contribution < -0.4 is 5.32 Å². The van der Waals surface area contributed by atoms with Crippen LogP contribution in [0.25, 0.3) is 10.1 Å². The molecule has 2 aliphatic rings. The van der Waals surface area contributed by atoms with E-state index in [4.69, 9.17) is 0 Å². The zero-order valence-corrected chi connectivity index (χ0v) is 18.6. The summed E-state index contributed by atoms with van der Waals surface area (Å²) in [6, 6.07) is 8.19. The Bertz CT molecular complexity index is 855. The zero-order valence-electron chi connectivity index (χ0n) is 17.0. The maximum atomic E-state index is 13.0. The highest BCUT2D eigenvalue weighted by atomic mass is 35.5. The number of halogens is 1. The van der Waals surface area contributed by atoms with Gasteiger partial charge in [-0.3, -0.25) is 9.59 Å². The quantitative estimate of drug-likeness (QED) is 0.796. The van der Waals surface area contributed by atoms with Crippen LogP contribution in [0.2, 0.25) is 0 Å². The first-order valence-corrected chi connectivity index (χ1v) is 11.2. The van der Waals surface area contributed by atoms with Gasteiger partial charge in [-0.2, -0.15) is 0 Å². The van der Waals surface area contributed by atoms with Crippen molar-refractivity contribution in [1.82, 2.24) is 15.1 Å². The molecule has 2 fully saturated rings. The topological polar surface area (TPSA) is 52.7 Å². The molecule has 2 aliphatic heterocycles. The molecule has 1 aromatic carbocycles. The molecule has 0 unspecified atom stereocenters. The van der Waals surface area contributed by atoms with E-state index in [9.17, 15) is 9.59 Å². The Balaban J connectivity index is 0.00000240. The Kier molecular flexibility index (Phi) is 7.55. The van der Waals surface area contributed by atoms with Crippen LogP contribution in [0, 0.1) is 12.8 Å². The van der Waals surface area contributed by atoms with Crippen molar-refractivity contribution in [2.24, 2.45) is 5.92 Å². The lowest BCUT2D eigenvalue weighted by Crippen LogP contribution is -2.50. The van der Waals surface area contributed by atoms with E-state index in [1.807, 2.05) is 28.9 Å². The smallest absolute Gasteiger partial charge is 0.264 e. The normalized spacial score (nSPS) is 18.0. The van der Waals surface area contributed by atoms with Gasteiger partial charge in [0.25, 0.3) is 5.91 Å². The van der Waals surface area contributed by atoms with Crippen molar-refractivity contribution in [3.05, 3.63) is 34.7 Å². The SMILES string of the molecule is Cc1c(C(=O)N2CCN(C(=O)CCC3CCNCC3)CC2)sc2ccccc12.Cl. The molecule has 2 aromatic rings. The lowest BCUT2D eigenvalue weighted by atomic mass is 9.93. The molecule has 158 valence electrons. The Morgan fingerprint density at radius 3 is 2.41 bits per heavy atom. The first-order valence-electron chi connectivity index (χ1n) is 10.4.